The van der Waals surface area contributed by atoms with E-state index in [1.54, 1.807) is 42.7 Å². The molecule has 184 valence electrons. The predicted octanol–water partition coefficient (Wildman–Crippen LogP) is 2.37. The predicted molar refractivity (Wildman–Crippen MR) is 125 cm³/mol. The van der Waals surface area contributed by atoms with Gasteiger partial charge in [-0.05, 0) is 69.2 Å². The lowest BCUT2D eigenvalue weighted by molar-refractivity contribution is -0.147. The first-order valence-corrected chi connectivity index (χ1v) is 12.5. The Balaban J connectivity index is 1.45. The van der Waals surface area contributed by atoms with Gasteiger partial charge in [0.05, 0.1) is 11.2 Å². The van der Waals surface area contributed by atoms with Crippen LogP contribution in [0.15, 0.2) is 58.0 Å². The van der Waals surface area contributed by atoms with Gasteiger partial charge in [0, 0.05) is 29.2 Å². The first kappa shape index (κ1) is 24.4. The zero-order valence-corrected chi connectivity index (χ0v) is 20.1. The van der Waals surface area contributed by atoms with E-state index >= 15 is 0 Å². The number of hydrogen-bond donors (Lipinski definition) is 1. The molecule has 1 aliphatic heterocycles. The lowest BCUT2D eigenvalue weighted by atomic mass is 10.1. The minimum atomic E-state index is -3.82. The van der Waals surface area contributed by atoms with E-state index in [4.69, 9.17) is 14.3 Å². The maximum atomic E-state index is 12.9. The number of ether oxygens (including phenoxy) is 1. The standard InChI is InChI=1S/C24H25N3O7S/c1-15-13-19(16(2)27(15)17-7-9-18(10-8-17)35(25,31)32)21(28)14-34-24(30)20-5-3-11-26(20)23(29)22-6-4-12-33-22/h4,6-10,12-13,20H,3,5,11,14H2,1-2H3,(H2,25,31,32). The third kappa shape index (κ3) is 4.91. The second kappa shape index (κ2) is 9.51. The van der Waals surface area contributed by atoms with Crippen molar-refractivity contribution in [1.29, 1.82) is 0 Å². The first-order valence-electron chi connectivity index (χ1n) is 10.9. The number of sulfonamides is 1. The van der Waals surface area contributed by atoms with Crippen LogP contribution in [0.25, 0.3) is 5.69 Å². The van der Waals surface area contributed by atoms with Crippen molar-refractivity contribution in [3.05, 3.63) is 71.4 Å². The number of aryl methyl sites for hydroxylation is 1. The molecule has 1 aliphatic rings. The summed E-state index contributed by atoms with van der Waals surface area (Å²) in [5, 5.41) is 5.15. The number of hydrogen-bond acceptors (Lipinski definition) is 7. The van der Waals surface area contributed by atoms with Gasteiger partial charge in [-0.2, -0.15) is 0 Å². The summed E-state index contributed by atoms with van der Waals surface area (Å²) in [5.41, 5.74) is 2.39. The number of aromatic nitrogens is 1. The zero-order chi connectivity index (χ0) is 25.3. The van der Waals surface area contributed by atoms with E-state index in [2.05, 4.69) is 0 Å². The molecule has 1 saturated heterocycles. The lowest BCUT2D eigenvalue weighted by Crippen LogP contribution is -2.41. The summed E-state index contributed by atoms with van der Waals surface area (Å²) in [6.45, 7) is 3.49. The van der Waals surface area contributed by atoms with E-state index in [0.717, 1.165) is 5.69 Å². The van der Waals surface area contributed by atoms with Crippen molar-refractivity contribution in [2.45, 2.75) is 37.6 Å². The minimum absolute atomic E-state index is 0.0154. The maximum absolute atomic E-state index is 12.9. The topological polar surface area (TPSA) is 142 Å². The second-order valence-electron chi connectivity index (χ2n) is 8.32. The molecule has 10 nitrogen and oxygen atoms in total. The molecule has 1 unspecified atom stereocenters. The number of primary sulfonamides is 1. The Hall–Kier alpha value is -3.70. The molecule has 2 N–H and O–H groups in total. The summed E-state index contributed by atoms with van der Waals surface area (Å²) in [6, 6.07) is 10.0. The van der Waals surface area contributed by atoms with Crippen molar-refractivity contribution >= 4 is 27.7 Å². The van der Waals surface area contributed by atoms with Crippen molar-refractivity contribution in [2.75, 3.05) is 13.2 Å². The monoisotopic (exact) mass is 499 g/mol. The average Bonchev–Trinajstić information content (AvgIpc) is 3.57. The minimum Gasteiger partial charge on any atom is -0.459 e. The highest BCUT2D eigenvalue weighted by molar-refractivity contribution is 7.89. The van der Waals surface area contributed by atoms with Crippen molar-refractivity contribution < 1.29 is 32.0 Å². The van der Waals surface area contributed by atoms with E-state index in [-0.39, 0.29) is 16.4 Å². The van der Waals surface area contributed by atoms with Crippen LogP contribution in [0.4, 0.5) is 0 Å². The summed E-state index contributed by atoms with van der Waals surface area (Å²) < 4.78 is 35.2. The molecule has 11 heteroatoms. The van der Waals surface area contributed by atoms with E-state index in [9.17, 15) is 22.8 Å². The number of furan rings is 1. The van der Waals surface area contributed by atoms with Crippen LogP contribution < -0.4 is 5.14 Å². The molecule has 2 aromatic heterocycles. The fourth-order valence-corrected chi connectivity index (χ4v) is 4.85. The molecule has 1 atom stereocenters. The fourth-order valence-electron chi connectivity index (χ4n) is 4.33. The van der Waals surface area contributed by atoms with Gasteiger partial charge in [0.15, 0.2) is 12.4 Å². The number of amides is 1. The van der Waals surface area contributed by atoms with Crippen LogP contribution in [0.1, 0.15) is 45.1 Å². The summed E-state index contributed by atoms with van der Waals surface area (Å²) in [7, 11) is -3.82. The Morgan fingerprint density at radius 3 is 2.49 bits per heavy atom. The second-order valence-corrected chi connectivity index (χ2v) is 9.89. The zero-order valence-electron chi connectivity index (χ0n) is 19.3. The molecule has 1 amide bonds. The van der Waals surface area contributed by atoms with Gasteiger partial charge < -0.3 is 18.6 Å². The smallest absolute Gasteiger partial charge is 0.329 e. The van der Waals surface area contributed by atoms with E-state index in [1.165, 1.54) is 29.4 Å². The molecule has 0 saturated carbocycles. The van der Waals surface area contributed by atoms with Crippen molar-refractivity contribution in [3.8, 4) is 5.69 Å². The number of likely N-dealkylation sites (tertiary alicyclic amines) is 1. The lowest BCUT2D eigenvalue weighted by Gasteiger charge is -2.22. The molecule has 3 aromatic rings. The van der Waals surface area contributed by atoms with Gasteiger partial charge in [-0.25, -0.2) is 18.4 Å². The molecule has 3 heterocycles. The van der Waals surface area contributed by atoms with E-state index in [1.807, 2.05) is 0 Å². The van der Waals surface area contributed by atoms with Gasteiger partial charge >= 0.3 is 5.97 Å². The first-order chi connectivity index (χ1) is 16.6. The number of nitrogens with two attached hydrogens (primary N) is 1. The van der Waals surface area contributed by atoms with Crippen LogP contribution in [-0.2, 0) is 19.6 Å². The Kier molecular flexibility index (Phi) is 6.64. The molecular weight excluding hydrogens is 474 g/mol. The molecule has 0 radical (unpaired) electrons. The summed E-state index contributed by atoms with van der Waals surface area (Å²) in [6.07, 6.45) is 2.48. The summed E-state index contributed by atoms with van der Waals surface area (Å²) in [5.74, 6) is -1.27. The van der Waals surface area contributed by atoms with Crippen LogP contribution in [0.5, 0.6) is 0 Å². The normalized spacial score (nSPS) is 15.9. The Labute approximate surface area is 202 Å². The number of nitrogens with zero attached hydrogens (tertiary/aromatic N) is 2. The third-order valence-corrected chi connectivity index (χ3v) is 6.95. The number of benzene rings is 1. The highest BCUT2D eigenvalue weighted by Gasteiger charge is 2.37. The van der Waals surface area contributed by atoms with Crippen molar-refractivity contribution in [1.82, 2.24) is 9.47 Å². The molecule has 35 heavy (non-hydrogen) atoms. The van der Waals surface area contributed by atoms with Crippen molar-refractivity contribution in [3.63, 3.8) is 0 Å². The molecule has 0 aliphatic carbocycles. The van der Waals surface area contributed by atoms with Gasteiger partial charge in [-0.15, -0.1) is 0 Å². The molecule has 1 aromatic carbocycles. The van der Waals surface area contributed by atoms with Gasteiger partial charge in [0.25, 0.3) is 5.91 Å². The van der Waals surface area contributed by atoms with Gasteiger partial charge in [0.2, 0.25) is 15.8 Å². The van der Waals surface area contributed by atoms with Gasteiger partial charge in [-0.3, -0.25) is 9.59 Å². The van der Waals surface area contributed by atoms with Crippen LogP contribution in [0.3, 0.4) is 0 Å². The van der Waals surface area contributed by atoms with Gasteiger partial charge in [-0.1, -0.05) is 0 Å². The fraction of sp³-hybridized carbons (Fsp3) is 0.292. The Morgan fingerprint density at radius 2 is 1.86 bits per heavy atom. The molecule has 1 fully saturated rings. The molecular formula is C24H25N3O7S. The van der Waals surface area contributed by atoms with Crippen molar-refractivity contribution in [2.24, 2.45) is 5.14 Å². The van der Waals surface area contributed by atoms with Crippen LogP contribution in [-0.4, -0.2) is 54.7 Å². The molecule has 4 rings (SSSR count). The van der Waals surface area contributed by atoms with Crippen LogP contribution >= 0.6 is 0 Å². The van der Waals surface area contributed by atoms with E-state index < -0.39 is 34.5 Å². The summed E-state index contributed by atoms with van der Waals surface area (Å²) >= 11 is 0. The highest BCUT2D eigenvalue weighted by atomic mass is 32.2. The number of Topliss-reactive ketones (excluding diaryl/α,β-unsaturated/α-hetero) is 1. The Bertz CT molecular complexity index is 1370. The molecule has 0 bridgehead atoms. The number of rotatable bonds is 7. The summed E-state index contributed by atoms with van der Waals surface area (Å²) in [4.78, 5) is 39.6. The highest BCUT2D eigenvalue weighted by Crippen LogP contribution is 2.24. The quantitative estimate of drug-likeness (QED) is 0.388. The third-order valence-electron chi connectivity index (χ3n) is 6.02. The number of esters is 1. The molecule has 0 spiro atoms. The van der Waals surface area contributed by atoms with Crippen LogP contribution in [0.2, 0.25) is 0 Å². The Morgan fingerprint density at radius 1 is 1.14 bits per heavy atom. The number of carbonyl (C=O) groups excluding carboxylic acids is 3. The largest absolute Gasteiger partial charge is 0.459 e. The van der Waals surface area contributed by atoms with Gasteiger partial charge in [0.1, 0.15) is 6.04 Å². The van der Waals surface area contributed by atoms with Crippen LogP contribution in [0, 0.1) is 13.8 Å². The van der Waals surface area contributed by atoms with E-state index in [0.29, 0.717) is 36.3 Å². The SMILES string of the molecule is Cc1cc(C(=O)COC(=O)C2CCCN2C(=O)c2ccco2)c(C)n1-c1ccc(S(N)(=O)=O)cc1. The average molecular weight is 500 g/mol. The number of ketones is 1. The maximum Gasteiger partial charge on any atom is 0.329 e. The number of carbonyl (C=O) groups is 3.